The van der Waals surface area contributed by atoms with Gasteiger partial charge >= 0.3 is 0 Å². The zero-order valence-electron chi connectivity index (χ0n) is 18.3. The number of benzene rings is 2. The highest BCUT2D eigenvalue weighted by Gasteiger charge is 2.13. The van der Waals surface area contributed by atoms with Crippen LogP contribution >= 0.6 is 0 Å². The molecule has 0 spiro atoms. The largest absolute Gasteiger partial charge is 0.497 e. The van der Waals surface area contributed by atoms with Crippen LogP contribution in [0, 0.1) is 0 Å². The highest BCUT2D eigenvalue weighted by molar-refractivity contribution is 5.92. The molecule has 0 unspecified atom stereocenters. The second kappa shape index (κ2) is 13.0. The topological polar surface area (TPSA) is 99.6 Å². The molecule has 0 atom stereocenters. The maximum Gasteiger partial charge on any atom is 0.230 e. The number of hydrogen-bond donors (Lipinski definition) is 3. The minimum absolute atomic E-state index is 0.181. The van der Waals surface area contributed by atoms with E-state index in [1.807, 2.05) is 49.5 Å². The second-order valence-corrected chi connectivity index (χ2v) is 6.88. The lowest BCUT2D eigenvalue weighted by molar-refractivity contribution is -0.116. The molecule has 0 bridgehead atoms. The molecule has 2 aromatic carbocycles. The summed E-state index contributed by atoms with van der Waals surface area (Å²) < 4.78 is 5.26. The Morgan fingerprint density at radius 2 is 1.77 bits per heavy atom. The van der Waals surface area contributed by atoms with Crippen molar-refractivity contribution in [1.29, 1.82) is 0 Å². The number of nitrogens with one attached hydrogen (secondary N) is 2. The van der Waals surface area contributed by atoms with Crippen LogP contribution in [0.4, 0.5) is 17.5 Å². The standard InChI is InChI=1S/C22H28N4O.CH3NO2/c1-4-5-6-9-16-23-22-24-20-11-8-7-10-19(20)21(25-22)26(2)17-12-14-18(27-3)15-13-17;3-1-2-4/h7-8,10-15H,4-6,9,16H2,1-3H3,(H,23,24,25);1,4H,(H,2,3). The van der Waals surface area contributed by atoms with E-state index in [0.29, 0.717) is 5.95 Å². The maximum absolute atomic E-state index is 8.81. The minimum Gasteiger partial charge on any atom is -0.497 e. The molecule has 0 saturated carbocycles. The summed E-state index contributed by atoms with van der Waals surface area (Å²) >= 11 is 0. The Kier molecular flexibility index (Phi) is 10.0. The number of hydrogen-bond acceptors (Lipinski definition) is 7. The van der Waals surface area contributed by atoms with Gasteiger partial charge in [-0.15, -0.1) is 0 Å². The fraction of sp³-hybridized carbons (Fsp3) is 0.348. The summed E-state index contributed by atoms with van der Waals surface area (Å²) in [5.41, 5.74) is 3.24. The van der Waals surface area contributed by atoms with E-state index >= 15 is 0 Å². The van der Waals surface area contributed by atoms with E-state index in [0.717, 1.165) is 41.1 Å². The van der Waals surface area contributed by atoms with Crippen molar-refractivity contribution < 1.29 is 14.7 Å². The fourth-order valence-corrected chi connectivity index (χ4v) is 3.07. The Bertz CT molecular complexity index is 934. The zero-order chi connectivity index (χ0) is 22.5. The molecule has 0 radical (unpaired) electrons. The van der Waals surface area contributed by atoms with E-state index in [9.17, 15) is 0 Å². The highest BCUT2D eigenvalue weighted by atomic mass is 16.5. The summed E-state index contributed by atoms with van der Waals surface area (Å²) in [6.45, 7) is 3.12. The molecule has 1 aromatic heterocycles. The smallest absolute Gasteiger partial charge is 0.230 e. The van der Waals surface area contributed by atoms with Gasteiger partial charge < -0.3 is 15.0 Å². The third-order valence-electron chi connectivity index (χ3n) is 4.73. The number of fused-ring (bicyclic) bond motifs is 1. The monoisotopic (exact) mass is 425 g/mol. The fourth-order valence-electron chi connectivity index (χ4n) is 3.07. The number of hydroxylamine groups is 1. The molecular weight excluding hydrogens is 394 g/mol. The SMILES string of the molecule is CCCCCCNc1nc(N(C)c2ccc(OC)cc2)c2ccccc2n1.O=CNO. The van der Waals surface area contributed by atoms with Crippen LogP contribution in [0.5, 0.6) is 5.75 Å². The van der Waals surface area contributed by atoms with Crippen LogP contribution in [0.1, 0.15) is 32.6 Å². The maximum atomic E-state index is 8.81. The van der Waals surface area contributed by atoms with Gasteiger partial charge in [-0.1, -0.05) is 38.3 Å². The van der Waals surface area contributed by atoms with Crippen LogP contribution < -0.4 is 20.4 Å². The number of rotatable bonds is 10. The first kappa shape index (κ1) is 23.9. The van der Waals surface area contributed by atoms with Gasteiger partial charge in [0.05, 0.1) is 12.6 Å². The van der Waals surface area contributed by atoms with Gasteiger partial charge in [-0.05, 0) is 42.8 Å². The molecule has 0 aliphatic rings. The summed E-state index contributed by atoms with van der Waals surface area (Å²) in [5, 5.41) is 11.7. The highest BCUT2D eigenvalue weighted by Crippen LogP contribution is 2.30. The van der Waals surface area contributed by atoms with Crippen molar-refractivity contribution in [3.63, 3.8) is 0 Å². The van der Waals surface area contributed by atoms with Gasteiger partial charge in [0.25, 0.3) is 0 Å². The Morgan fingerprint density at radius 3 is 2.42 bits per heavy atom. The van der Waals surface area contributed by atoms with Crippen molar-refractivity contribution in [2.75, 3.05) is 30.9 Å². The molecule has 3 N–H and O–H groups in total. The van der Waals surface area contributed by atoms with Gasteiger partial charge in [0, 0.05) is 24.7 Å². The van der Waals surface area contributed by atoms with Crippen molar-refractivity contribution >= 4 is 34.8 Å². The van der Waals surface area contributed by atoms with Gasteiger partial charge in [-0.2, -0.15) is 4.98 Å². The number of anilines is 3. The molecule has 166 valence electrons. The third-order valence-corrected chi connectivity index (χ3v) is 4.73. The number of ether oxygens (including phenoxy) is 1. The van der Waals surface area contributed by atoms with Crippen molar-refractivity contribution in [3.05, 3.63) is 48.5 Å². The number of para-hydroxylation sites is 1. The second-order valence-electron chi connectivity index (χ2n) is 6.88. The quantitative estimate of drug-likeness (QED) is 0.190. The molecule has 3 rings (SSSR count). The molecule has 3 aromatic rings. The number of aromatic nitrogens is 2. The number of carbonyl (C=O) groups excluding carboxylic acids is 1. The van der Waals surface area contributed by atoms with Gasteiger partial charge in [0.2, 0.25) is 12.4 Å². The Hall–Kier alpha value is -3.39. The molecule has 0 aliphatic carbocycles. The average Bonchev–Trinajstić information content (AvgIpc) is 2.83. The van der Waals surface area contributed by atoms with Crippen molar-refractivity contribution in [2.24, 2.45) is 0 Å². The zero-order valence-corrected chi connectivity index (χ0v) is 18.3. The van der Waals surface area contributed by atoms with Crippen LogP contribution in [-0.2, 0) is 4.79 Å². The predicted octanol–water partition coefficient (Wildman–Crippen LogP) is 4.52. The first-order valence-corrected chi connectivity index (χ1v) is 10.4. The lowest BCUT2D eigenvalue weighted by atomic mass is 10.2. The van der Waals surface area contributed by atoms with Crippen LogP contribution in [0.15, 0.2) is 48.5 Å². The third kappa shape index (κ3) is 7.11. The number of methoxy groups -OCH3 is 1. The number of carbonyl (C=O) groups is 1. The molecule has 1 amide bonds. The average molecular weight is 426 g/mol. The van der Waals surface area contributed by atoms with Crippen LogP contribution in [0.3, 0.4) is 0 Å². The Balaban J connectivity index is 0.000000785. The van der Waals surface area contributed by atoms with E-state index in [-0.39, 0.29) is 6.41 Å². The summed E-state index contributed by atoms with van der Waals surface area (Å²) in [7, 11) is 3.71. The summed E-state index contributed by atoms with van der Waals surface area (Å²) in [6.07, 6.45) is 5.05. The summed E-state index contributed by atoms with van der Waals surface area (Å²) in [6, 6.07) is 16.1. The Labute approximate surface area is 183 Å². The van der Waals surface area contributed by atoms with E-state index in [1.165, 1.54) is 24.7 Å². The van der Waals surface area contributed by atoms with Crippen LogP contribution in [-0.4, -0.2) is 42.3 Å². The molecule has 8 heteroatoms. The number of unbranched alkanes of at least 4 members (excludes halogenated alkanes) is 3. The molecule has 0 saturated heterocycles. The van der Waals surface area contributed by atoms with Gasteiger partial charge in [0.15, 0.2) is 0 Å². The molecule has 1 heterocycles. The normalized spacial score (nSPS) is 10.1. The lowest BCUT2D eigenvalue weighted by Crippen LogP contribution is -2.14. The molecule has 8 nitrogen and oxygen atoms in total. The van der Waals surface area contributed by atoms with Gasteiger partial charge in [-0.25, -0.2) is 10.5 Å². The summed E-state index contributed by atoms with van der Waals surface area (Å²) in [4.78, 5) is 20.4. The van der Waals surface area contributed by atoms with E-state index in [4.69, 9.17) is 19.7 Å². The molecule has 31 heavy (non-hydrogen) atoms. The number of nitrogens with zero attached hydrogens (tertiary/aromatic N) is 3. The van der Waals surface area contributed by atoms with E-state index < -0.39 is 0 Å². The number of amides is 1. The first-order valence-electron chi connectivity index (χ1n) is 10.4. The van der Waals surface area contributed by atoms with Crippen molar-refractivity contribution in [2.45, 2.75) is 32.6 Å². The van der Waals surface area contributed by atoms with E-state index in [1.54, 1.807) is 7.11 Å². The van der Waals surface area contributed by atoms with Crippen LogP contribution in [0.2, 0.25) is 0 Å². The predicted molar refractivity (Wildman–Crippen MR) is 124 cm³/mol. The van der Waals surface area contributed by atoms with Crippen LogP contribution in [0.25, 0.3) is 10.9 Å². The van der Waals surface area contributed by atoms with Gasteiger partial charge in [-0.3, -0.25) is 10.0 Å². The first-order chi connectivity index (χ1) is 15.1. The summed E-state index contributed by atoms with van der Waals surface area (Å²) in [5.74, 6) is 2.41. The minimum atomic E-state index is 0.181. The lowest BCUT2D eigenvalue weighted by Gasteiger charge is -2.21. The Morgan fingerprint density at radius 1 is 1.06 bits per heavy atom. The molecular formula is C23H31N5O3. The van der Waals surface area contributed by atoms with Crippen molar-refractivity contribution in [1.82, 2.24) is 15.4 Å². The molecule has 0 aliphatic heterocycles. The molecule has 0 fully saturated rings. The van der Waals surface area contributed by atoms with Crippen molar-refractivity contribution in [3.8, 4) is 5.75 Å². The van der Waals surface area contributed by atoms with E-state index in [2.05, 4.69) is 28.2 Å². The van der Waals surface area contributed by atoms with Gasteiger partial charge in [0.1, 0.15) is 11.6 Å².